The molecule has 0 amide bonds. The molecule has 0 N–H and O–H groups in total. The molecule has 0 radical (unpaired) electrons. The van der Waals surface area contributed by atoms with Crippen molar-refractivity contribution in [1.82, 2.24) is 0 Å². The summed E-state index contributed by atoms with van der Waals surface area (Å²) in [5, 5.41) is 0. The van der Waals surface area contributed by atoms with E-state index in [9.17, 15) is 0 Å². The van der Waals surface area contributed by atoms with Crippen LogP contribution in [0.2, 0.25) is 0 Å². The predicted octanol–water partition coefficient (Wildman–Crippen LogP) is -1.13. The molecule has 0 aromatic carbocycles. The van der Waals surface area contributed by atoms with Crippen LogP contribution in [0.15, 0.2) is 30.4 Å². The molecule has 8 heavy (non-hydrogen) atoms. The van der Waals surface area contributed by atoms with E-state index < -0.39 is 0 Å². The van der Waals surface area contributed by atoms with Crippen molar-refractivity contribution in [3.8, 4) is 0 Å². The van der Waals surface area contributed by atoms with Gasteiger partial charge in [0, 0.05) is 6.08 Å². The normalized spacial score (nSPS) is 14.0. The number of halogens is 1. The number of hydrogen-bond donors (Lipinski definition) is 0. The minimum absolute atomic E-state index is 0. The molecule has 0 spiro atoms. The Morgan fingerprint density at radius 1 is 1.12 bits per heavy atom. The van der Waals surface area contributed by atoms with Crippen LogP contribution in [-0.4, -0.2) is 0 Å². The van der Waals surface area contributed by atoms with Crippen LogP contribution in [0.4, 0.5) is 0 Å². The number of allylic oxidation sites excluding steroid dienone is 6. The fourth-order valence-corrected chi connectivity index (χ4v) is 0.470. The van der Waals surface area contributed by atoms with Gasteiger partial charge in [0.1, 0.15) is 6.42 Å². The lowest BCUT2D eigenvalue weighted by atomic mass is 10.4. The largest absolute Gasteiger partial charge is 1.00 e. The first-order valence-electron chi connectivity index (χ1n) is 2.38. The fourth-order valence-electron chi connectivity index (χ4n) is 0.470. The highest BCUT2D eigenvalue weighted by atomic mass is 127. The van der Waals surface area contributed by atoms with Crippen molar-refractivity contribution in [2.24, 2.45) is 0 Å². The van der Waals surface area contributed by atoms with Crippen molar-refractivity contribution in [2.75, 3.05) is 0 Å². The van der Waals surface area contributed by atoms with E-state index in [-0.39, 0.29) is 24.0 Å². The van der Waals surface area contributed by atoms with Gasteiger partial charge < -0.3 is 24.0 Å². The summed E-state index contributed by atoms with van der Waals surface area (Å²) >= 11 is 0. The van der Waals surface area contributed by atoms with E-state index in [0.717, 1.165) is 6.42 Å². The van der Waals surface area contributed by atoms with E-state index in [1.165, 1.54) is 0 Å². The van der Waals surface area contributed by atoms with Crippen molar-refractivity contribution in [3.05, 3.63) is 36.5 Å². The molecular weight excluding hydrogens is 211 g/mol. The van der Waals surface area contributed by atoms with Gasteiger partial charge in [-0.05, 0) is 6.08 Å². The van der Waals surface area contributed by atoms with Gasteiger partial charge in [-0.25, -0.2) is 0 Å². The standard InChI is InChI=1S/C7H7.HI/c1-2-4-6-7-5-3-1;/h1-5H,6H2;1H/q+1;/p-1. The maximum atomic E-state index is 3.05. The monoisotopic (exact) mass is 218 g/mol. The van der Waals surface area contributed by atoms with Gasteiger partial charge in [0.15, 0.2) is 6.08 Å². The Balaban J connectivity index is 0.000000490. The summed E-state index contributed by atoms with van der Waals surface area (Å²) in [6.45, 7) is 0. The zero-order chi connectivity index (χ0) is 4.95. The SMILES string of the molecule is [C+]1=CC=CC=CC1.[I-]. The highest BCUT2D eigenvalue weighted by Gasteiger charge is 1.82. The summed E-state index contributed by atoms with van der Waals surface area (Å²) in [5.41, 5.74) is 0. The van der Waals surface area contributed by atoms with Crippen LogP contribution in [0, 0.1) is 6.08 Å². The zero-order valence-corrected chi connectivity index (χ0v) is 6.63. The molecule has 0 aromatic rings. The van der Waals surface area contributed by atoms with Gasteiger partial charge in [-0.2, -0.15) is 0 Å². The van der Waals surface area contributed by atoms with E-state index in [2.05, 4.69) is 12.2 Å². The van der Waals surface area contributed by atoms with Crippen LogP contribution in [0.5, 0.6) is 0 Å². The third kappa shape index (κ3) is 2.94. The van der Waals surface area contributed by atoms with E-state index in [0.29, 0.717) is 0 Å². The second-order valence-electron chi connectivity index (χ2n) is 1.39. The van der Waals surface area contributed by atoms with Crippen LogP contribution in [0.3, 0.4) is 0 Å². The minimum atomic E-state index is 0. The van der Waals surface area contributed by atoms with E-state index in [1.54, 1.807) is 0 Å². The van der Waals surface area contributed by atoms with Gasteiger partial charge in [0.05, 0.1) is 12.2 Å². The molecule has 0 heterocycles. The molecule has 0 unspecified atom stereocenters. The Kier molecular flexibility index (Phi) is 4.92. The lowest BCUT2D eigenvalue weighted by Gasteiger charge is -1.60. The van der Waals surface area contributed by atoms with E-state index >= 15 is 0 Å². The molecule has 0 aliphatic heterocycles. The summed E-state index contributed by atoms with van der Waals surface area (Å²) < 4.78 is 0. The Labute approximate surface area is 67.0 Å². The van der Waals surface area contributed by atoms with Gasteiger partial charge in [-0.15, -0.1) is 0 Å². The molecule has 1 aliphatic rings. The fraction of sp³-hybridized carbons (Fsp3) is 0.143. The number of rotatable bonds is 0. The van der Waals surface area contributed by atoms with Crippen LogP contribution >= 0.6 is 0 Å². The van der Waals surface area contributed by atoms with Gasteiger partial charge in [0.2, 0.25) is 0 Å². The summed E-state index contributed by atoms with van der Waals surface area (Å²) in [7, 11) is 0. The molecule has 0 aromatic heterocycles. The average molecular weight is 218 g/mol. The second kappa shape index (κ2) is 5.01. The Morgan fingerprint density at radius 2 is 2.00 bits per heavy atom. The maximum Gasteiger partial charge on any atom is 0.155 e. The molecule has 0 fully saturated rings. The molecule has 0 atom stereocenters. The summed E-state index contributed by atoms with van der Waals surface area (Å²) in [6, 6.07) is 0. The Bertz CT molecular complexity index is 106. The molecular formula is C7H7I. The second-order valence-corrected chi connectivity index (χ2v) is 1.39. The van der Waals surface area contributed by atoms with Gasteiger partial charge >= 0.3 is 0 Å². The summed E-state index contributed by atoms with van der Waals surface area (Å²) in [6.07, 6.45) is 14.0. The van der Waals surface area contributed by atoms with Crippen molar-refractivity contribution in [3.63, 3.8) is 0 Å². The smallest absolute Gasteiger partial charge is 0.155 e. The van der Waals surface area contributed by atoms with Crippen molar-refractivity contribution in [2.45, 2.75) is 6.42 Å². The molecule has 1 rings (SSSR count). The summed E-state index contributed by atoms with van der Waals surface area (Å²) in [5.74, 6) is 0. The average Bonchev–Trinajstić information content (AvgIpc) is 1.90. The van der Waals surface area contributed by atoms with Gasteiger partial charge in [0.25, 0.3) is 0 Å². The lowest BCUT2D eigenvalue weighted by Crippen LogP contribution is -3.00. The molecule has 0 nitrogen and oxygen atoms in total. The first-order chi connectivity index (χ1) is 3.50. The predicted molar refractivity (Wildman–Crippen MR) is 30.7 cm³/mol. The van der Waals surface area contributed by atoms with Gasteiger partial charge in [-0.1, -0.05) is 6.08 Å². The van der Waals surface area contributed by atoms with Crippen LogP contribution in [0.25, 0.3) is 0 Å². The van der Waals surface area contributed by atoms with Crippen LogP contribution in [-0.2, 0) is 0 Å². The van der Waals surface area contributed by atoms with Crippen molar-refractivity contribution in [1.29, 1.82) is 0 Å². The molecule has 0 bridgehead atoms. The van der Waals surface area contributed by atoms with Crippen molar-refractivity contribution >= 4 is 0 Å². The molecule has 1 aliphatic carbocycles. The summed E-state index contributed by atoms with van der Waals surface area (Å²) in [4.78, 5) is 0. The highest BCUT2D eigenvalue weighted by Crippen LogP contribution is 1.90. The molecule has 1 heteroatoms. The third-order valence-corrected chi connectivity index (χ3v) is 0.808. The zero-order valence-electron chi connectivity index (χ0n) is 4.47. The third-order valence-electron chi connectivity index (χ3n) is 0.808. The number of hydrogen-bond acceptors (Lipinski definition) is 0. The Hall–Kier alpha value is -0.140. The quantitative estimate of drug-likeness (QED) is 0.356. The van der Waals surface area contributed by atoms with Crippen LogP contribution in [0.1, 0.15) is 6.42 Å². The maximum absolute atomic E-state index is 3.05. The first kappa shape index (κ1) is 7.86. The molecule has 0 saturated carbocycles. The van der Waals surface area contributed by atoms with Gasteiger partial charge in [-0.3, -0.25) is 0 Å². The highest BCUT2D eigenvalue weighted by molar-refractivity contribution is 5.13. The first-order valence-corrected chi connectivity index (χ1v) is 2.38. The Morgan fingerprint density at radius 3 is 2.88 bits per heavy atom. The van der Waals surface area contributed by atoms with E-state index in [4.69, 9.17) is 0 Å². The lowest BCUT2D eigenvalue weighted by molar-refractivity contribution is -0.00000138. The topological polar surface area (TPSA) is 0 Å². The van der Waals surface area contributed by atoms with Crippen LogP contribution < -0.4 is 24.0 Å². The van der Waals surface area contributed by atoms with E-state index in [1.807, 2.05) is 24.3 Å². The minimum Gasteiger partial charge on any atom is -1.00 e. The molecule has 42 valence electrons. The van der Waals surface area contributed by atoms with Crippen molar-refractivity contribution < 1.29 is 24.0 Å². The molecule has 0 saturated heterocycles.